The minimum Gasteiger partial charge on any atom is -0.340 e. The van der Waals surface area contributed by atoms with Crippen molar-refractivity contribution in [2.45, 2.75) is 36.7 Å². The van der Waals surface area contributed by atoms with Gasteiger partial charge in [-0.3, -0.25) is 4.79 Å². The second-order valence-corrected chi connectivity index (χ2v) is 10.2. The zero-order valence-corrected chi connectivity index (χ0v) is 19.6. The van der Waals surface area contributed by atoms with Crippen LogP contribution in [0.1, 0.15) is 23.4 Å². The smallest absolute Gasteiger partial charge is 0.243 e. The molecule has 2 aromatic rings. The van der Waals surface area contributed by atoms with Crippen molar-refractivity contribution in [3.63, 3.8) is 0 Å². The van der Waals surface area contributed by atoms with Crippen LogP contribution in [0.4, 0.5) is 0 Å². The van der Waals surface area contributed by atoms with Crippen LogP contribution in [0.15, 0.2) is 34.3 Å². The number of hydrogen-bond donors (Lipinski definition) is 0. The number of carbonyl (C=O) groups is 1. The lowest BCUT2D eigenvalue weighted by Crippen LogP contribution is -2.50. The van der Waals surface area contributed by atoms with Crippen LogP contribution in [0.25, 0.3) is 0 Å². The number of hydrogen-bond acceptors (Lipinski definition) is 6. The van der Waals surface area contributed by atoms with Crippen LogP contribution in [-0.2, 0) is 21.2 Å². The van der Waals surface area contributed by atoms with E-state index in [0.717, 1.165) is 22.1 Å². The minimum atomic E-state index is -3.61. The summed E-state index contributed by atoms with van der Waals surface area (Å²) in [5.74, 6) is 0.0162. The van der Waals surface area contributed by atoms with Crippen molar-refractivity contribution >= 4 is 39.3 Å². The second-order valence-electron chi connectivity index (χ2n) is 7.10. The summed E-state index contributed by atoms with van der Waals surface area (Å²) in [5.41, 5.74) is 2.80. The number of aryl methyl sites for hydroxylation is 2. The Morgan fingerprint density at radius 1 is 1.13 bits per heavy atom. The van der Waals surface area contributed by atoms with Gasteiger partial charge in [-0.1, -0.05) is 29.4 Å². The molecule has 3 rings (SSSR count). The molecule has 1 amide bonds. The Labute approximate surface area is 186 Å². The van der Waals surface area contributed by atoms with E-state index in [0.29, 0.717) is 31.0 Å². The molecule has 2 heterocycles. The van der Waals surface area contributed by atoms with Crippen LogP contribution in [0.3, 0.4) is 0 Å². The molecule has 10 heteroatoms. The van der Waals surface area contributed by atoms with Crippen molar-refractivity contribution in [1.82, 2.24) is 19.2 Å². The predicted molar refractivity (Wildman–Crippen MR) is 118 cm³/mol. The van der Waals surface area contributed by atoms with E-state index in [-0.39, 0.29) is 23.9 Å². The molecule has 0 spiro atoms. The topological polar surface area (TPSA) is 83.5 Å². The molecule has 0 unspecified atom stereocenters. The monoisotopic (exact) mass is 468 g/mol. The van der Waals surface area contributed by atoms with Gasteiger partial charge in [0.2, 0.25) is 15.9 Å². The van der Waals surface area contributed by atoms with Crippen LogP contribution in [0.2, 0.25) is 5.02 Å². The maximum Gasteiger partial charge on any atom is 0.243 e. The summed E-state index contributed by atoms with van der Waals surface area (Å²) in [6, 6.07) is 6.24. The van der Waals surface area contributed by atoms with Crippen LogP contribution in [0, 0.1) is 13.8 Å². The van der Waals surface area contributed by atoms with E-state index >= 15 is 0 Å². The number of halogens is 1. The van der Waals surface area contributed by atoms with E-state index < -0.39 is 10.0 Å². The van der Waals surface area contributed by atoms with Gasteiger partial charge in [0.25, 0.3) is 0 Å². The van der Waals surface area contributed by atoms with Crippen molar-refractivity contribution in [3.8, 4) is 0 Å². The number of thioether (sulfide) groups is 1. The number of nitrogens with zero attached hydrogens (tertiary/aromatic N) is 4. The molecule has 1 aliphatic rings. The van der Waals surface area contributed by atoms with Gasteiger partial charge in [0.15, 0.2) is 5.16 Å². The molecule has 1 fully saturated rings. The van der Waals surface area contributed by atoms with Gasteiger partial charge in [-0.15, -0.1) is 0 Å². The van der Waals surface area contributed by atoms with E-state index in [1.807, 2.05) is 20.1 Å². The number of carbonyl (C=O) groups excluding carboxylic acids is 1. The van der Waals surface area contributed by atoms with Gasteiger partial charge in [0.1, 0.15) is 0 Å². The fraction of sp³-hybridized carbons (Fsp3) is 0.450. The van der Waals surface area contributed by atoms with Crippen molar-refractivity contribution < 1.29 is 13.2 Å². The molecule has 0 saturated carbocycles. The molecular formula is C20H25ClN4O3S2. The van der Waals surface area contributed by atoms with Gasteiger partial charge in [-0.05, 0) is 50.3 Å². The van der Waals surface area contributed by atoms with Crippen LogP contribution in [0.5, 0.6) is 0 Å². The fourth-order valence-electron chi connectivity index (χ4n) is 3.51. The average molecular weight is 469 g/mol. The summed E-state index contributed by atoms with van der Waals surface area (Å²) in [7, 11) is -3.61. The summed E-state index contributed by atoms with van der Waals surface area (Å²) in [6.45, 7) is 5.16. The molecule has 30 heavy (non-hydrogen) atoms. The van der Waals surface area contributed by atoms with Gasteiger partial charge in [-0.25, -0.2) is 18.4 Å². The molecule has 0 N–H and O–H groups in total. The van der Waals surface area contributed by atoms with E-state index in [4.69, 9.17) is 11.6 Å². The predicted octanol–water partition coefficient (Wildman–Crippen LogP) is 2.93. The molecule has 1 saturated heterocycles. The first kappa shape index (κ1) is 23.0. The third kappa shape index (κ3) is 5.14. The molecule has 0 radical (unpaired) electrons. The quantitative estimate of drug-likeness (QED) is 0.478. The van der Waals surface area contributed by atoms with Gasteiger partial charge < -0.3 is 4.90 Å². The Hall–Kier alpha value is -1.68. The van der Waals surface area contributed by atoms with Crippen molar-refractivity contribution in [2.24, 2.45) is 0 Å². The zero-order chi connectivity index (χ0) is 21.9. The highest BCUT2D eigenvalue weighted by Crippen LogP contribution is 2.22. The largest absolute Gasteiger partial charge is 0.340 e. The first-order valence-corrected chi connectivity index (χ1v) is 12.7. The van der Waals surface area contributed by atoms with Crippen LogP contribution >= 0.6 is 23.4 Å². The van der Waals surface area contributed by atoms with Crippen LogP contribution in [-0.4, -0.2) is 65.9 Å². The van der Waals surface area contributed by atoms with Crippen molar-refractivity contribution in [2.75, 3.05) is 32.4 Å². The minimum absolute atomic E-state index is 0.0162. The third-order valence-electron chi connectivity index (χ3n) is 5.20. The maximum absolute atomic E-state index is 12.8. The van der Waals surface area contributed by atoms with Crippen LogP contribution < -0.4 is 0 Å². The first-order valence-electron chi connectivity index (χ1n) is 9.64. The number of benzene rings is 1. The number of aromatic nitrogens is 2. The molecule has 0 atom stereocenters. The van der Waals surface area contributed by atoms with Crippen molar-refractivity contribution in [1.29, 1.82) is 0 Å². The summed E-state index contributed by atoms with van der Waals surface area (Å²) >= 11 is 7.43. The Kier molecular flexibility index (Phi) is 7.38. The molecule has 0 aliphatic carbocycles. The Balaban J connectivity index is 1.58. The van der Waals surface area contributed by atoms with Gasteiger partial charge in [0.05, 0.1) is 4.90 Å². The maximum atomic E-state index is 12.8. The lowest BCUT2D eigenvalue weighted by Gasteiger charge is -2.34. The average Bonchev–Trinajstić information content (AvgIpc) is 2.72. The molecular weight excluding hydrogens is 444 g/mol. The Morgan fingerprint density at radius 3 is 2.33 bits per heavy atom. The molecule has 7 nitrogen and oxygen atoms in total. The summed E-state index contributed by atoms with van der Waals surface area (Å²) in [6.07, 6.45) is 2.86. The normalized spacial score (nSPS) is 15.4. The molecule has 0 bridgehead atoms. The number of piperazine rings is 1. The second kappa shape index (κ2) is 9.64. The summed E-state index contributed by atoms with van der Waals surface area (Å²) < 4.78 is 27.0. The fourth-order valence-corrected chi connectivity index (χ4v) is 5.69. The number of sulfonamides is 1. The van der Waals surface area contributed by atoms with Gasteiger partial charge in [0, 0.05) is 49.0 Å². The summed E-state index contributed by atoms with van der Waals surface area (Å²) in [5, 5.41) is 1.11. The highest BCUT2D eigenvalue weighted by Gasteiger charge is 2.30. The molecule has 162 valence electrons. The Bertz CT molecular complexity index is 1020. The standard InChI is InChI=1S/C20H25ClN4O3S2/c1-14-18(15(2)23-20(22-14)29-3)7-8-19(26)24-9-11-25(12-10-24)30(27,28)17-6-4-5-16(21)13-17/h4-6,13H,7-12H2,1-3H3. The van der Waals surface area contributed by atoms with Crippen molar-refractivity contribution in [3.05, 3.63) is 46.2 Å². The molecule has 1 aromatic carbocycles. The van der Waals surface area contributed by atoms with E-state index in [2.05, 4.69) is 9.97 Å². The SMILES string of the molecule is CSc1nc(C)c(CCC(=O)N2CCN(S(=O)(=O)c3cccc(Cl)c3)CC2)c(C)n1. The third-order valence-corrected chi connectivity index (χ3v) is 7.87. The molecule has 1 aliphatic heterocycles. The van der Waals surface area contributed by atoms with E-state index in [1.165, 1.54) is 28.2 Å². The lowest BCUT2D eigenvalue weighted by molar-refractivity contribution is -0.132. The summed E-state index contributed by atoms with van der Waals surface area (Å²) in [4.78, 5) is 23.5. The number of amides is 1. The number of rotatable bonds is 6. The van der Waals surface area contributed by atoms with Gasteiger partial charge >= 0.3 is 0 Å². The Morgan fingerprint density at radius 2 is 1.77 bits per heavy atom. The highest BCUT2D eigenvalue weighted by atomic mass is 35.5. The molecule has 1 aromatic heterocycles. The first-order chi connectivity index (χ1) is 14.2. The lowest BCUT2D eigenvalue weighted by atomic mass is 10.1. The van der Waals surface area contributed by atoms with E-state index in [1.54, 1.807) is 17.0 Å². The van der Waals surface area contributed by atoms with E-state index in [9.17, 15) is 13.2 Å². The zero-order valence-electron chi connectivity index (χ0n) is 17.3. The highest BCUT2D eigenvalue weighted by molar-refractivity contribution is 7.98. The van der Waals surface area contributed by atoms with Gasteiger partial charge in [-0.2, -0.15) is 4.31 Å².